The second-order valence-electron chi connectivity index (χ2n) is 10.3. The van der Waals surface area contributed by atoms with E-state index in [0.29, 0.717) is 17.1 Å². The van der Waals surface area contributed by atoms with E-state index >= 15 is 0 Å². The average molecular weight is 498 g/mol. The first-order valence-corrected chi connectivity index (χ1v) is 12.9. The second kappa shape index (κ2) is 9.13. The first-order valence-electron chi connectivity index (χ1n) is 11.5. The van der Waals surface area contributed by atoms with E-state index in [2.05, 4.69) is 43.2 Å². The van der Waals surface area contributed by atoms with E-state index in [1.807, 2.05) is 6.92 Å². The third-order valence-electron chi connectivity index (χ3n) is 5.84. The Morgan fingerprint density at radius 1 is 0.943 bits per heavy atom. The molecular weight excluding hydrogens is 466 g/mol. The molecule has 1 aliphatic rings. The van der Waals surface area contributed by atoms with Crippen LogP contribution in [0.2, 0.25) is 0 Å². The molecule has 3 aromatic rings. The molecule has 0 aliphatic carbocycles. The van der Waals surface area contributed by atoms with Gasteiger partial charge in [0.1, 0.15) is 22.5 Å². The number of ether oxygens (including phenoxy) is 1. The molecule has 1 aliphatic heterocycles. The first kappa shape index (κ1) is 24.9. The lowest BCUT2D eigenvalue weighted by molar-refractivity contribution is 0.0524. The Kier molecular flexibility index (Phi) is 6.50. The fourth-order valence-corrected chi connectivity index (χ4v) is 5.59. The number of hydrogen-bond acceptors (Lipinski definition) is 8. The molecule has 2 heterocycles. The highest BCUT2D eigenvalue weighted by atomic mass is 32.2. The molecule has 0 spiro atoms. The van der Waals surface area contributed by atoms with Crippen molar-refractivity contribution < 1.29 is 22.4 Å². The van der Waals surface area contributed by atoms with Crippen molar-refractivity contribution in [2.75, 3.05) is 0 Å². The minimum absolute atomic E-state index is 0.00159. The number of benzene rings is 2. The lowest BCUT2D eigenvalue weighted by Crippen LogP contribution is -2.60. The van der Waals surface area contributed by atoms with E-state index in [9.17, 15) is 13.5 Å². The van der Waals surface area contributed by atoms with Crippen molar-refractivity contribution in [3.8, 4) is 28.6 Å². The van der Waals surface area contributed by atoms with Gasteiger partial charge in [-0.05, 0) is 65.0 Å². The number of aromatic nitrogens is 2. The largest absolute Gasteiger partial charge is 0.507 e. The van der Waals surface area contributed by atoms with Crippen molar-refractivity contribution in [3.05, 3.63) is 60.2 Å². The van der Waals surface area contributed by atoms with Gasteiger partial charge in [-0.15, -0.1) is 10.2 Å². The van der Waals surface area contributed by atoms with Crippen LogP contribution in [-0.4, -0.2) is 40.9 Å². The number of hydrogen-bond donors (Lipinski definition) is 2. The predicted molar refractivity (Wildman–Crippen MR) is 133 cm³/mol. The summed E-state index contributed by atoms with van der Waals surface area (Å²) < 4.78 is 36.3. The highest BCUT2D eigenvalue weighted by Gasteiger charge is 2.38. The molecule has 0 amide bonds. The van der Waals surface area contributed by atoms with Crippen LogP contribution in [-0.2, 0) is 10.1 Å². The van der Waals surface area contributed by atoms with Gasteiger partial charge in [0.25, 0.3) is 0 Å². The minimum atomic E-state index is -4.02. The van der Waals surface area contributed by atoms with Crippen molar-refractivity contribution in [2.45, 2.75) is 69.5 Å². The van der Waals surface area contributed by atoms with E-state index in [1.165, 1.54) is 30.3 Å². The second-order valence-corrected chi connectivity index (χ2v) is 11.9. The monoisotopic (exact) mass is 497 g/mol. The topological polar surface area (TPSA) is 111 Å². The third kappa shape index (κ3) is 6.10. The summed E-state index contributed by atoms with van der Waals surface area (Å²) in [6, 6.07) is 14.0. The molecule has 4 rings (SSSR count). The maximum Gasteiger partial charge on any atom is 0.339 e. The normalized spacial score (nSPS) is 17.6. The molecule has 8 nitrogen and oxygen atoms in total. The van der Waals surface area contributed by atoms with Crippen molar-refractivity contribution in [1.82, 2.24) is 15.5 Å². The molecule has 1 aromatic heterocycles. The van der Waals surface area contributed by atoms with Gasteiger partial charge in [0, 0.05) is 41.6 Å². The number of phenolic OH excluding ortho intramolecular Hbond substituents is 1. The molecule has 35 heavy (non-hydrogen) atoms. The van der Waals surface area contributed by atoms with Crippen LogP contribution in [0, 0.1) is 6.92 Å². The third-order valence-corrected chi connectivity index (χ3v) is 7.10. The quantitative estimate of drug-likeness (QED) is 0.475. The Balaban J connectivity index is 1.46. The molecule has 2 aromatic carbocycles. The lowest BCUT2D eigenvalue weighted by atomic mass is 9.81. The number of aryl methyl sites for hydroxylation is 1. The number of piperidine rings is 1. The first-order chi connectivity index (χ1) is 16.3. The Morgan fingerprint density at radius 3 is 2.17 bits per heavy atom. The van der Waals surface area contributed by atoms with E-state index < -0.39 is 10.1 Å². The Hall–Kier alpha value is -3.17. The minimum Gasteiger partial charge on any atom is -0.507 e. The van der Waals surface area contributed by atoms with Crippen molar-refractivity contribution in [2.24, 2.45) is 0 Å². The maximum atomic E-state index is 12.5. The van der Waals surface area contributed by atoms with Crippen LogP contribution in [0.3, 0.4) is 0 Å². The molecule has 0 bridgehead atoms. The van der Waals surface area contributed by atoms with E-state index in [0.717, 1.165) is 18.4 Å². The molecule has 0 unspecified atom stereocenters. The van der Waals surface area contributed by atoms with Crippen molar-refractivity contribution >= 4 is 10.1 Å². The average Bonchev–Trinajstić information content (AvgIpc) is 2.72. The van der Waals surface area contributed by atoms with Crippen LogP contribution in [0.15, 0.2) is 59.5 Å². The summed E-state index contributed by atoms with van der Waals surface area (Å²) in [4.78, 5) is 0.0358. The number of phenols is 1. The van der Waals surface area contributed by atoms with Crippen molar-refractivity contribution in [1.29, 1.82) is 0 Å². The van der Waals surface area contributed by atoms with Crippen LogP contribution in [0.5, 0.6) is 17.4 Å². The van der Waals surface area contributed by atoms with Crippen LogP contribution in [0.1, 0.15) is 46.1 Å². The fourth-order valence-electron chi connectivity index (χ4n) is 4.67. The Labute approximate surface area is 206 Å². The SMILES string of the molecule is Cc1ccc(S(=O)(=O)Oc2ccc(-c3ccc(OC4CC(C)(C)NC(C)(C)C4)nn3)c(O)c2)cc1. The lowest BCUT2D eigenvalue weighted by Gasteiger charge is -2.46. The molecule has 0 radical (unpaired) electrons. The Morgan fingerprint density at radius 2 is 1.60 bits per heavy atom. The van der Waals surface area contributed by atoms with Gasteiger partial charge in [0.05, 0.1) is 5.69 Å². The van der Waals surface area contributed by atoms with Gasteiger partial charge in [-0.25, -0.2) is 0 Å². The molecule has 0 saturated carbocycles. The molecule has 1 saturated heterocycles. The predicted octanol–water partition coefficient (Wildman–Crippen LogP) is 4.61. The summed E-state index contributed by atoms with van der Waals surface area (Å²) in [6.07, 6.45) is 1.68. The summed E-state index contributed by atoms with van der Waals surface area (Å²) in [6.45, 7) is 10.5. The number of nitrogens with zero attached hydrogens (tertiary/aromatic N) is 2. The number of aromatic hydroxyl groups is 1. The van der Waals surface area contributed by atoms with Gasteiger partial charge < -0.3 is 19.3 Å². The van der Waals surface area contributed by atoms with Gasteiger partial charge >= 0.3 is 10.1 Å². The van der Waals surface area contributed by atoms with E-state index in [1.54, 1.807) is 24.3 Å². The summed E-state index contributed by atoms with van der Waals surface area (Å²) >= 11 is 0. The zero-order valence-corrected chi connectivity index (χ0v) is 21.4. The molecule has 0 atom stereocenters. The summed E-state index contributed by atoms with van der Waals surface area (Å²) in [5.41, 5.74) is 1.65. The summed E-state index contributed by atoms with van der Waals surface area (Å²) in [5, 5.41) is 22.5. The van der Waals surface area contributed by atoms with Gasteiger partial charge in [-0.3, -0.25) is 0 Å². The molecule has 1 fully saturated rings. The molecule has 9 heteroatoms. The van der Waals surface area contributed by atoms with Crippen LogP contribution in [0.4, 0.5) is 0 Å². The van der Waals surface area contributed by atoms with E-state index in [-0.39, 0.29) is 33.6 Å². The zero-order chi connectivity index (χ0) is 25.4. The smallest absolute Gasteiger partial charge is 0.339 e. The van der Waals surface area contributed by atoms with Gasteiger partial charge in [-0.1, -0.05) is 17.7 Å². The van der Waals surface area contributed by atoms with Crippen LogP contribution >= 0.6 is 0 Å². The van der Waals surface area contributed by atoms with Crippen LogP contribution < -0.4 is 14.2 Å². The molecule has 2 N–H and O–H groups in total. The Bertz CT molecular complexity index is 1290. The maximum absolute atomic E-state index is 12.5. The molecule has 186 valence electrons. The highest BCUT2D eigenvalue weighted by Crippen LogP contribution is 2.34. The van der Waals surface area contributed by atoms with Gasteiger partial charge in [-0.2, -0.15) is 8.42 Å². The summed E-state index contributed by atoms with van der Waals surface area (Å²) in [7, 11) is -4.02. The number of rotatable bonds is 6. The van der Waals surface area contributed by atoms with Crippen LogP contribution in [0.25, 0.3) is 11.3 Å². The van der Waals surface area contributed by atoms with Gasteiger partial charge in [0.2, 0.25) is 5.88 Å². The van der Waals surface area contributed by atoms with E-state index in [4.69, 9.17) is 8.92 Å². The zero-order valence-electron chi connectivity index (χ0n) is 20.6. The van der Waals surface area contributed by atoms with Gasteiger partial charge in [0.15, 0.2) is 0 Å². The summed E-state index contributed by atoms with van der Waals surface area (Å²) in [5.74, 6) is 0.234. The highest BCUT2D eigenvalue weighted by molar-refractivity contribution is 7.87. The molecular formula is C26H31N3O5S. The van der Waals surface area contributed by atoms with Crippen molar-refractivity contribution in [3.63, 3.8) is 0 Å². The number of nitrogens with one attached hydrogen (secondary N) is 1. The standard InChI is InChI=1S/C26H31N3O5S/c1-17-6-9-20(10-7-17)35(31,32)34-18-8-11-21(23(30)14-18)22-12-13-24(28-27-22)33-19-15-25(2,3)29-26(4,5)16-19/h6-14,19,29-30H,15-16H2,1-5H3. The fraction of sp³-hybridized carbons (Fsp3) is 0.385.